The summed E-state index contributed by atoms with van der Waals surface area (Å²) in [6.45, 7) is 1.66. The molecular formula is C17H16N4O2S. The maximum Gasteiger partial charge on any atom is 0.277 e. The van der Waals surface area contributed by atoms with Crippen LogP contribution in [0, 0.1) is 0 Å². The lowest BCUT2D eigenvalue weighted by atomic mass is 10.1. The van der Waals surface area contributed by atoms with Gasteiger partial charge < -0.3 is 4.90 Å². The van der Waals surface area contributed by atoms with E-state index >= 15 is 0 Å². The van der Waals surface area contributed by atoms with E-state index in [4.69, 9.17) is 0 Å². The molecule has 0 unspecified atom stereocenters. The third kappa shape index (κ3) is 2.71. The second kappa shape index (κ2) is 6.16. The number of aromatic nitrogens is 3. The highest BCUT2D eigenvalue weighted by atomic mass is 32.1. The molecule has 1 aliphatic rings. The summed E-state index contributed by atoms with van der Waals surface area (Å²) in [5.74, 6) is 0.0497. The number of fused-ring (bicyclic) bond motifs is 2. The second-order valence-electron chi connectivity index (χ2n) is 5.82. The lowest BCUT2D eigenvalue weighted by molar-refractivity contribution is -0.132. The Morgan fingerprint density at radius 2 is 2.12 bits per heavy atom. The number of carbonyl (C=O) groups is 1. The molecule has 0 spiro atoms. The van der Waals surface area contributed by atoms with E-state index in [9.17, 15) is 9.59 Å². The van der Waals surface area contributed by atoms with Gasteiger partial charge in [0.15, 0.2) is 0 Å². The third-order valence-electron chi connectivity index (χ3n) is 4.33. The van der Waals surface area contributed by atoms with Crippen molar-refractivity contribution >= 4 is 28.1 Å². The molecule has 1 aromatic carbocycles. The fourth-order valence-electron chi connectivity index (χ4n) is 2.99. The minimum atomic E-state index is -0.202. The molecular weight excluding hydrogens is 324 g/mol. The highest BCUT2D eigenvalue weighted by Gasteiger charge is 2.21. The van der Waals surface area contributed by atoms with Crippen molar-refractivity contribution in [3.05, 3.63) is 56.5 Å². The number of amides is 1. The quantitative estimate of drug-likeness (QED) is 0.729. The van der Waals surface area contributed by atoms with Gasteiger partial charge in [-0.1, -0.05) is 17.3 Å². The maximum absolute atomic E-state index is 12.4. The van der Waals surface area contributed by atoms with E-state index in [-0.39, 0.29) is 24.4 Å². The average Bonchev–Trinajstić information content (AvgIpc) is 3.09. The smallest absolute Gasteiger partial charge is 0.277 e. The lowest BCUT2D eigenvalue weighted by Gasteiger charge is -2.27. The van der Waals surface area contributed by atoms with Gasteiger partial charge in [0.2, 0.25) is 5.91 Å². The fourth-order valence-corrected chi connectivity index (χ4v) is 3.88. The number of aryl methyl sites for hydroxylation is 1. The molecule has 0 saturated heterocycles. The largest absolute Gasteiger partial charge is 0.338 e. The highest BCUT2D eigenvalue weighted by molar-refractivity contribution is 7.10. The summed E-state index contributed by atoms with van der Waals surface area (Å²) in [4.78, 5) is 28.1. The molecule has 1 amide bonds. The molecule has 0 radical (unpaired) electrons. The summed E-state index contributed by atoms with van der Waals surface area (Å²) in [5, 5.41) is 10.6. The van der Waals surface area contributed by atoms with Crippen molar-refractivity contribution in [2.75, 3.05) is 6.54 Å². The number of hydrogen-bond acceptors (Lipinski definition) is 5. The zero-order valence-electron chi connectivity index (χ0n) is 13.0. The zero-order chi connectivity index (χ0) is 16.5. The van der Waals surface area contributed by atoms with Gasteiger partial charge in [0.1, 0.15) is 5.52 Å². The van der Waals surface area contributed by atoms with Crippen LogP contribution < -0.4 is 5.56 Å². The molecule has 122 valence electrons. The Hall–Kier alpha value is -2.54. The Morgan fingerprint density at radius 1 is 1.25 bits per heavy atom. The van der Waals surface area contributed by atoms with Crippen LogP contribution in [0.25, 0.3) is 10.9 Å². The molecule has 0 aliphatic carbocycles. The van der Waals surface area contributed by atoms with Gasteiger partial charge in [0.25, 0.3) is 5.56 Å². The molecule has 3 heterocycles. The summed E-state index contributed by atoms with van der Waals surface area (Å²) < 4.78 is 1.28. The van der Waals surface area contributed by atoms with Crippen molar-refractivity contribution < 1.29 is 4.79 Å². The summed E-state index contributed by atoms with van der Waals surface area (Å²) >= 11 is 1.75. The van der Waals surface area contributed by atoms with E-state index in [1.54, 1.807) is 29.5 Å². The first-order valence-corrected chi connectivity index (χ1v) is 8.76. The summed E-state index contributed by atoms with van der Waals surface area (Å²) in [6, 6.07) is 9.18. The van der Waals surface area contributed by atoms with Crippen molar-refractivity contribution in [2.45, 2.75) is 25.9 Å². The van der Waals surface area contributed by atoms with E-state index in [1.807, 2.05) is 11.0 Å². The Labute approximate surface area is 142 Å². The second-order valence-corrected chi connectivity index (χ2v) is 6.82. The first kappa shape index (κ1) is 15.0. The topological polar surface area (TPSA) is 68.1 Å². The van der Waals surface area contributed by atoms with Crippen molar-refractivity contribution in [1.29, 1.82) is 0 Å². The SMILES string of the molecule is O=C(CCn1nnc2ccccc2c1=O)N1CCc2sccc2C1. The van der Waals surface area contributed by atoms with Gasteiger partial charge in [-0.25, -0.2) is 4.68 Å². The first-order valence-electron chi connectivity index (χ1n) is 7.88. The standard InChI is InChI=1S/C17H16N4O2S/c22-16(20-8-5-15-12(11-20)7-10-24-15)6-9-21-17(23)13-3-1-2-4-14(13)18-19-21/h1-4,7,10H,5-6,8-9,11H2. The van der Waals surface area contributed by atoms with Crippen molar-refractivity contribution in [2.24, 2.45) is 0 Å². The van der Waals surface area contributed by atoms with Gasteiger partial charge in [-0.2, -0.15) is 0 Å². The number of benzene rings is 1. The maximum atomic E-state index is 12.4. The number of nitrogens with zero attached hydrogens (tertiary/aromatic N) is 4. The normalized spacial score (nSPS) is 13.9. The molecule has 0 saturated carbocycles. The number of rotatable bonds is 3. The van der Waals surface area contributed by atoms with E-state index in [0.29, 0.717) is 17.4 Å². The predicted molar refractivity (Wildman–Crippen MR) is 91.9 cm³/mol. The van der Waals surface area contributed by atoms with E-state index < -0.39 is 0 Å². The Morgan fingerprint density at radius 3 is 3.04 bits per heavy atom. The monoisotopic (exact) mass is 340 g/mol. The van der Waals surface area contributed by atoms with Gasteiger partial charge in [0, 0.05) is 24.4 Å². The molecule has 0 N–H and O–H groups in total. The molecule has 1 aliphatic heterocycles. The van der Waals surface area contributed by atoms with Crippen LogP contribution in [0.1, 0.15) is 16.9 Å². The van der Waals surface area contributed by atoms with Gasteiger partial charge in [-0.15, -0.1) is 16.4 Å². The van der Waals surface area contributed by atoms with Crippen LogP contribution >= 0.6 is 11.3 Å². The van der Waals surface area contributed by atoms with Crippen LogP contribution in [0.2, 0.25) is 0 Å². The summed E-state index contributed by atoms with van der Waals surface area (Å²) in [6.07, 6.45) is 1.17. The number of hydrogen-bond donors (Lipinski definition) is 0. The van der Waals surface area contributed by atoms with E-state index in [1.165, 1.54) is 15.1 Å². The number of carbonyl (C=O) groups excluding carboxylic acids is 1. The minimum Gasteiger partial charge on any atom is -0.338 e. The predicted octanol–water partition coefficient (Wildman–Crippen LogP) is 1.83. The molecule has 6 nitrogen and oxygen atoms in total. The zero-order valence-corrected chi connectivity index (χ0v) is 13.8. The fraction of sp³-hybridized carbons (Fsp3) is 0.294. The van der Waals surface area contributed by atoms with Gasteiger partial charge >= 0.3 is 0 Å². The Balaban J connectivity index is 1.46. The van der Waals surface area contributed by atoms with Crippen molar-refractivity contribution in [1.82, 2.24) is 19.9 Å². The van der Waals surface area contributed by atoms with Crippen LogP contribution in [0.15, 0.2) is 40.5 Å². The third-order valence-corrected chi connectivity index (χ3v) is 5.35. The van der Waals surface area contributed by atoms with E-state index in [0.717, 1.165) is 13.0 Å². The Bertz CT molecular complexity index is 962. The molecule has 0 fully saturated rings. The summed E-state index contributed by atoms with van der Waals surface area (Å²) in [5.41, 5.74) is 1.61. The molecule has 24 heavy (non-hydrogen) atoms. The van der Waals surface area contributed by atoms with Crippen LogP contribution in [-0.4, -0.2) is 32.3 Å². The van der Waals surface area contributed by atoms with Crippen molar-refractivity contribution in [3.63, 3.8) is 0 Å². The molecule has 4 rings (SSSR count). The Kier molecular flexibility index (Phi) is 3.86. The van der Waals surface area contributed by atoms with Crippen LogP contribution in [-0.2, 0) is 24.3 Å². The van der Waals surface area contributed by atoms with Gasteiger partial charge in [-0.3, -0.25) is 9.59 Å². The minimum absolute atomic E-state index is 0.0497. The molecule has 0 bridgehead atoms. The first-order chi connectivity index (χ1) is 11.7. The van der Waals surface area contributed by atoms with Gasteiger partial charge in [-0.05, 0) is 35.6 Å². The molecule has 2 aromatic heterocycles. The highest BCUT2D eigenvalue weighted by Crippen LogP contribution is 2.24. The number of thiophene rings is 1. The summed E-state index contributed by atoms with van der Waals surface area (Å²) in [7, 11) is 0. The molecule has 7 heteroatoms. The lowest BCUT2D eigenvalue weighted by Crippen LogP contribution is -2.36. The van der Waals surface area contributed by atoms with Gasteiger partial charge in [0.05, 0.1) is 11.9 Å². The van der Waals surface area contributed by atoms with Crippen LogP contribution in [0.3, 0.4) is 0 Å². The van der Waals surface area contributed by atoms with E-state index in [2.05, 4.69) is 21.8 Å². The molecule has 3 aromatic rings. The molecule has 0 atom stereocenters. The van der Waals surface area contributed by atoms with Crippen LogP contribution in [0.5, 0.6) is 0 Å². The van der Waals surface area contributed by atoms with Crippen molar-refractivity contribution in [3.8, 4) is 0 Å². The van der Waals surface area contributed by atoms with Crippen LogP contribution in [0.4, 0.5) is 0 Å². The average molecular weight is 340 g/mol.